The molecule has 0 aliphatic heterocycles. The van der Waals surface area contributed by atoms with Crippen molar-refractivity contribution >= 4 is 46.4 Å². The van der Waals surface area contributed by atoms with Gasteiger partial charge in [-0.15, -0.1) is 0 Å². The van der Waals surface area contributed by atoms with Gasteiger partial charge in [0.15, 0.2) is 11.4 Å². The number of hydrogen-bond donors (Lipinski definition) is 2. The highest BCUT2D eigenvalue weighted by Gasteiger charge is 2.14. The van der Waals surface area contributed by atoms with E-state index in [9.17, 15) is 20.1 Å². The third-order valence-corrected chi connectivity index (χ3v) is 4.88. The summed E-state index contributed by atoms with van der Waals surface area (Å²) in [6.45, 7) is 0. The third-order valence-electron chi connectivity index (χ3n) is 4.22. The summed E-state index contributed by atoms with van der Waals surface area (Å²) in [7, 11) is 0. The summed E-state index contributed by atoms with van der Waals surface area (Å²) in [6, 6.07) is 20.9. The fraction of sp³-hybridized carbons (Fsp3) is 0. The number of hydrazone groups is 2. The van der Waals surface area contributed by atoms with E-state index in [-0.39, 0.29) is 22.8 Å². The van der Waals surface area contributed by atoms with E-state index >= 15 is 0 Å². The third kappa shape index (κ3) is 5.81. The zero-order valence-corrected chi connectivity index (χ0v) is 18.7. The predicted molar refractivity (Wildman–Crippen MR) is 126 cm³/mol. The maximum absolute atomic E-state index is 12.5. The highest BCUT2D eigenvalue weighted by Crippen LogP contribution is 2.16. The number of carbonyl (C=O) groups is 2. The van der Waals surface area contributed by atoms with Crippen molar-refractivity contribution < 1.29 is 9.59 Å². The molecule has 2 amide bonds. The van der Waals surface area contributed by atoms with Gasteiger partial charge in [-0.25, -0.2) is 15.8 Å². The van der Waals surface area contributed by atoms with E-state index in [2.05, 4.69) is 26.0 Å². The predicted octanol–water partition coefficient (Wildman–Crippen LogP) is 3.70. The SMILES string of the molecule is N#CC(=NNC(=O)c1cccc(C(=O)NN=C(C#N)c2ccccc2Cl)n1)c1ccccc1Cl. The zero-order chi connectivity index (χ0) is 24.5. The Morgan fingerprint density at radius 2 is 1.12 bits per heavy atom. The number of carbonyl (C=O) groups excluding carboxylic acids is 2. The van der Waals surface area contributed by atoms with Gasteiger partial charge in [-0.3, -0.25) is 9.59 Å². The molecule has 1 heterocycles. The van der Waals surface area contributed by atoms with Gasteiger partial charge in [0.05, 0.1) is 10.0 Å². The second-order valence-corrected chi connectivity index (χ2v) is 7.21. The van der Waals surface area contributed by atoms with Gasteiger partial charge in [-0.1, -0.05) is 65.7 Å². The topological polar surface area (TPSA) is 143 Å². The van der Waals surface area contributed by atoms with Gasteiger partial charge in [-0.05, 0) is 24.3 Å². The van der Waals surface area contributed by atoms with Crippen LogP contribution in [0.25, 0.3) is 0 Å². The molecular weight excluding hydrogens is 477 g/mol. The molecule has 0 aliphatic rings. The van der Waals surface area contributed by atoms with E-state index in [0.717, 1.165) is 0 Å². The average Bonchev–Trinajstić information content (AvgIpc) is 2.86. The van der Waals surface area contributed by atoms with Crippen molar-refractivity contribution in [3.63, 3.8) is 0 Å². The summed E-state index contributed by atoms with van der Waals surface area (Å²) in [4.78, 5) is 28.9. The molecule has 166 valence electrons. The van der Waals surface area contributed by atoms with Crippen molar-refractivity contribution in [2.75, 3.05) is 0 Å². The average molecular weight is 490 g/mol. The summed E-state index contributed by atoms with van der Waals surface area (Å²) in [5.74, 6) is -1.52. The van der Waals surface area contributed by atoms with E-state index in [0.29, 0.717) is 21.2 Å². The Labute approximate surface area is 204 Å². The van der Waals surface area contributed by atoms with E-state index in [1.54, 1.807) is 48.5 Å². The molecule has 3 rings (SSSR count). The summed E-state index contributed by atoms with van der Waals surface area (Å²) in [5, 5.41) is 26.8. The number of hydrogen-bond acceptors (Lipinski definition) is 7. The van der Waals surface area contributed by atoms with Gasteiger partial charge in [-0.2, -0.15) is 20.7 Å². The molecule has 0 bridgehead atoms. The fourth-order valence-electron chi connectivity index (χ4n) is 2.61. The molecule has 0 unspecified atom stereocenters. The van der Waals surface area contributed by atoms with Crippen LogP contribution in [0.15, 0.2) is 76.9 Å². The standard InChI is InChI=1S/C23H13Cl2N7O2/c24-16-8-3-1-6-14(16)20(12-26)29-31-22(33)18-10-5-11-19(28-18)23(34)32-30-21(13-27)15-7-2-4-9-17(15)25/h1-11H,(H,31,33)(H,32,34). The van der Waals surface area contributed by atoms with Crippen LogP contribution in [0, 0.1) is 22.7 Å². The number of rotatable bonds is 6. The number of nitriles is 2. The maximum Gasteiger partial charge on any atom is 0.290 e. The number of nitrogens with zero attached hydrogens (tertiary/aromatic N) is 5. The molecule has 0 saturated heterocycles. The highest BCUT2D eigenvalue weighted by molar-refractivity contribution is 6.36. The lowest BCUT2D eigenvalue weighted by atomic mass is 10.1. The number of benzene rings is 2. The number of nitrogens with one attached hydrogen (secondary N) is 2. The molecular formula is C23H13Cl2N7O2. The largest absolute Gasteiger partial charge is 0.290 e. The first-order valence-electron chi connectivity index (χ1n) is 9.47. The number of aromatic nitrogens is 1. The van der Waals surface area contributed by atoms with Gasteiger partial charge < -0.3 is 0 Å². The molecule has 0 spiro atoms. The Hall–Kier alpha value is -4.57. The number of amides is 2. The van der Waals surface area contributed by atoms with E-state index in [4.69, 9.17) is 23.2 Å². The Kier molecular flexibility index (Phi) is 8.03. The molecule has 0 atom stereocenters. The second-order valence-electron chi connectivity index (χ2n) is 6.39. The molecule has 34 heavy (non-hydrogen) atoms. The first kappa shape index (κ1) is 24.1. The van der Waals surface area contributed by atoms with E-state index < -0.39 is 11.8 Å². The minimum Gasteiger partial charge on any atom is -0.266 e. The highest BCUT2D eigenvalue weighted by atomic mass is 35.5. The first-order chi connectivity index (χ1) is 16.4. The first-order valence-corrected chi connectivity index (χ1v) is 10.2. The zero-order valence-electron chi connectivity index (χ0n) is 17.2. The van der Waals surface area contributed by atoms with Crippen LogP contribution in [0.3, 0.4) is 0 Å². The van der Waals surface area contributed by atoms with Crippen LogP contribution in [0.1, 0.15) is 32.1 Å². The summed E-state index contributed by atoms with van der Waals surface area (Å²) in [5.41, 5.74) is 4.64. The molecule has 1 aromatic heterocycles. The van der Waals surface area contributed by atoms with Gasteiger partial charge in [0.2, 0.25) is 0 Å². The Morgan fingerprint density at radius 1 is 0.706 bits per heavy atom. The second kappa shape index (κ2) is 11.3. The van der Waals surface area contributed by atoms with Gasteiger partial charge >= 0.3 is 0 Å². The molecule has 0 radical (unpaired) electrons. The van der Waals surface area contributed by atoms with Crippen molar-refractivity contribution in [2.24, 2.45) is 10.2 Å². The quantitative estimate of drug-likeness (QED) is 0.400. The van der Waals surface area contributed by atoms with Crippen LogP contribution in [0.4, 0.5) is 0 Å². The van der Waals surface area contributed by atoms with Crippen LogP contribution in [0.2, 0.25) is 10.0 Å². The number of pyridine rings is 1. The van der Waals surface area contributed by atoms with Crippen LogP contribution in [0.5, 0.6) is 0 Å². The van der Waals surface area contributed by atoms with Crippen molar-refractivity contribution in [3.8, 4) is 12.1 Å². The lowest BCUT2D eigenvalue weighted by molar-refractivity contribution is 0.0945. The van der Waals surface area contributed by atoms with Crippen molar-refractivity contribution in [1.29, 1.82) is 10.5 Å². The van der Waals surface area contributed by atoms with Gasteiger partial charge in [0.25, 0.3) is 11.8 Å². The lowest BCUT2D eigenvalue weighted by Gasteiger charge is -2.05. The molecule has 3 aromatic rings. The monoisotopic (exact) mass is 489 g/mol. The summed E-state index contributed by atoms with van der Waals surface area (Å²) in [6.07, 6.45) is 0. The summed E-state index contributed by atoms with van der Waals surface area (Å²) < 4.78 is 0. The molecule has 0 saturated carbocycles. The van der Waals surface area contributed by atoms with Crippen LogP contribution < -0.4 is 10.9 Å². The lowest BCUT2D eigenvalue weighted by Crippen LogP contribution is -2.24. The maximum atomic E-state index is 12.5. The number of halogens is 2. The molecule has 0 fully saturated rings. The minimum atomic E-state index is -0.758. The van der Waals surface area contributed by atoms with Crippen molar-refractivity contribution in [1.82, 2.24) is 15.8 Å². The van der Waals surface area contributed by atoms with Gasteiger partial charge in [0, 0.05) is 11.1 Å². The van der Waals surface area contributed by atoms with E-state index in [1.807, 2.05) is 12.1 Å². The van der Waals surface area contributed by atoms with Crippen LogP contribution in [-0.2, 0) is 0 Å². The minimum absolute atomic E-state index is 0.106. The normalized spacial score (nSPS) is 11.2. The van der Waals surface area contributed by atoms with Crippen molar-refractivity contribution in [3.05, 3.63) is 99.3 Å². The summed E-state index contributed by atoms with van der Waals surface area (Å²) >= 11 is 12.1. The van der Waals surface area contributed by atoms with Gasteiger partial charge in [0.1, 0.15) is 23.5 Å². The van der Waals surface area contributed by atoms with E-state index in [1.165, 1.54) is 18.2 Å². The van der Waals surface area contributed by atoms with Crippen molar-refractivity contribution in [2.45, 2.75) is 0 Å². The fourth-order valence-corrected chi connectivity index (χ4v) is 3.06. The molecule has 2 N–H and O–H groups in total. The van der Waals surface area contributed by atoms with Crippen LogP contribution >= 0.6 is 23.2 Å². The molecule has 0 aliphatic carbocycles. The Morgan fingerprint density at radius 3 is 1.50 bits per heavy atom. The molecule has 9 nitrogen and oxygen atoms in total. The molecule has 11 heteroatoms. The molecule has 2 aromatic carbocycles. The van der Waals surface area contributed by atoms with Crippen LogP contribution in [-0.4, -0.2) is 28.2 Å². The Bertz CT molecular complexity index is 1300. The smallest absolute Gasteiger partial charge is 0.266 e. The Balaban J connectivity index is 1.75.